The summed E-state index contributed by atoms with van der Waals surface area (Å²) in [5.74, 6) is -0.366. The summed E-state index contributed by atoms with van der Waals surface area (Å²) in [6.45, 7) is 5.45. The summed E-state index contributed by atoms with van der Waals surface area (Å²) in [6, 6.07) is 12.1. The Balaban J connectivity index is 2.36. The molecular formula is C19H24N2O3S. The number of aryl methyl sites for hydroxylation is 3. The van der Waals surface area contributed by atoms with Gasteiger partial charge in [0.15, 0.2) is 0 Å². The summed E-state index contributed by atoms with van der Waals surface area (Å²) in [7, 11) is -2.33. The second-order valence-electron chi connectivity index (χ2n) is 6.21. The Morgan fingerprint density at radius 2 is 1.60 bits per heavy atom. The first-order valence-corrected chi connectivity index (χ1v) is 9.58. The smallest absolute Gasteiger partial charge is 0.241 e. The van der Waals surface area contributed by atoms with Crippen LogP contribution in [0.25, 0.3) is 0 Å². The molecule has 5 nitrogen and oxygen atoms in total. The average molecular weight is 360 g/mol. The van der Waals surface area contributed by atoms with Crippen LogP contribution in [0.15, 0.2) is 47.4 Å². The lowest BCUT2D eigenvalue weighted by Crippen LogP contribution is -2.47. The minimum absolute atomic E-state index is 0.236. The van der Waals surface area contributed by atoms with Gasteiger partial charge in [-0.15, -0.1) is 0 Å². The maximum Gasteiger partial charge on any atom is 0.241 e. The first-order chi connectivity index (χ1) is 11.7. The fourth-order valence-corrected chi connectivity index (χ4v) is 4.70. The monoisotopic (exact) mass is 360 g/mol. The molecule has 2 rings (SSSR count). The third-order valence-corrected chi connectivity index (χ3v) is 5.79. The number of rotatable bonds is 6. The van der Waals surface area contributed by atoms with Crippen LogP contribution in [0.3, 0.4) is 0 Å². The molecular weight excluding hydrogens is 336 g/mol. The zero-order chi connectivity index (χ0) is 18.6. The Bertz CT molecular complexity index is 838. The van der Waals surface area contributed by atoms with Crippen molar-refractivity contribution in [1.82, 2.24) is 10.0 Å². The molecule has 25 heavy (non-hydrogen) atoms. The number of nitrogens with one attached hydrogen (secondary N) is 2. The zero-order valence-electron chi connectivity index (χ0n) is 15.0. The van der Waals surface area contributed by atoms with E-state index in [2.05, 4.69) is 10.0 Å². The van der Waals surface area contributed by atoms with Crippen LogP contribution in [-0.4, -0.2) is 27.4 Å². The fourth-order valence-electron chi connectivity index (χ4n) is 3.05. The molecule has 0 radical (unpaired) electrons. The van der Waals surface area contributed by atoms with Gasteiger partial charge in [-0.2, -0.15) is 4.72 Å². The average Bonchev–Trinajstić information content (AvgIpc) is 2.52. The normalized spacial score (nSPS) is 12.6. The lowest BCUT2D eigenvalue weighted by molar-refractivity contribution is -0.122. The van der Waals surface area contributed by atoms with Crippen LogP contribution in [0, 0.1) is 20.8 Å². The standard InChI is InChI=1S/C19H24N2O3S/c1-13-10-14(2)18(15(3)11-13)25(23,24)21-17(19(22)20-4)12-16-8-6-5-7-9-16/h5-11,17,21H,12H2,1-4H3,(H,20,22)/t17-/m1/s1. The first kappa shape index (κ1) is 19.1. The lowest BCUT2D eigenvalue weighted by Gasteiger charge is -2.19. The molecule has 2 aromatic carbocycles. The van der Waals surface area contributed by atoms with Gasteiger partial charge in [-0.25, -0.2) is 8.42 Å². The maximum absolute atomic E-state index is 12.9. The van der Waals surface area contributed by atoms with Crippen LogP contribution in [0.4, 0.5) is 0 Å². The van der Waals surface area contributed by atoms with Gasteiger partial charge in [0, 0.05) is 7.05 Å². The predicted octanol–water partition coefficient (Wildman–Crippen LogP) is 2.25. The molecule has 0 aliphatic carbocycles. The molecule has 0 unspecified atom stereocenters. The van der Waals surface area contributed by atoms with E-state index in [1.54, 1.807) is 13.8 Å². The number of hydrogen-bond acceptors (Lipinski definition) is 3. The van der Waals surface area contributed by atoms with Crippen molar-refractivity contribution >= 4 is 15.9 Å². The number of likely N-dealkylation sites (N-methyl/N-ethyl adjacent to an activating group) is 1. The minimum atomic E-state index is -3.82. The van der Waals surface area contributed by atoms with E-state index in [0.717, 1.165) is 11.1 Å². The highest BCUT2D eigenvalue weighted by Gasteiger charge is 2.27. The summed E-state index contributed by atoms with van der Waals surface area (Å²) >= 11 is 0. The molecule has 0 aliphatic heterocycles. The molecule has 134 valence electrons. The van der Waals surface area contributed by atoms with Crippen molar-refractivity contribution in [2.24, 2.45) is 0 Å². The van der Waals surface area contributed by atoms with E-state index in [4.69, 9.17) is 0 Å². The largest absolute Gasteiger partial charge is 0.358 e. The molecule has 0 aromatic heterocycles. The SMILES string of the molecule is CNC(=O)[C@@H](Cc1ccccc1)NS(=O)(=O)c1c(C)cc(C)cc1C. The second-order valence-corrected chi connectivity index (χ2v) is 7.86. The van der Waals surface area contributed by atoms with Crippen LogP contribution in [0.5, 0.6) is 0 Å². The van der Waals surface area contributed by atoms with Crippen molar-refractivity contribution < 1.29 is 13.2 Å². The number of amides is 1. The van der Waals surface area contributed by atoms with E-state index in [1.165, 1.54) is 7.05 Å². The number of benzene rings is 2. The van der Waals surface area contributed by atoms with Gasteiger partial charge in [0.2, 0.25) is 15.9 Å². The Hall–Kier alpha value is -2.18. The molecule has 1 atom stereocenters. The Kier molecular flexibility index (Phi) is 5.98. The summed E-state index contributed by atoms with van der Waals surface area (Å²) in [6.07, 6.45) is 0.281. The van der Waals surface area contributed by atoms with Gasteiger partial charge in [-0.05, 0) is 43.9 Å². The van der Waals surface area contributed by atoms with Crippen molar-refractivity contribution in [3.05, 3.63) is 64.7 Å². The number of carbonyl (C=O) groups is 1. The summed E-state index contributed by atoms with van der Waals surface area (Å²) < 4.78 is 28.4. The highest BCUT2D eigenvalue weighted by Crippen LogP contribution is 2.22. The van der Waals surface area contributed by atoms with Crippen LogP contribution < -0.4 is 10.0 Å². The Morgan fingerprint density at radius 3 is 2.12 bits per heavy atom. The quantitative estimate of drug-likeness (QED) is 0.830. The van der Waals surface area contributed by atoms with Gasteiger partial charge >= 0.3 is 0 Å². The van der Waals surface area contributed by atoms with Gasteiger partial charge in [-0.1, -0.05) is 48.0 Å². The molecule has 0 aliphatic rings. The molecule has 2 N–H and O–H groups in total. The van der Waals surface area contributed by atoms with Gasteiger partial charge in [0.05, 0.1) is 4.90 Å². The van der Waals surface area contributed by atoms with Gasteiger partial charge in [0.25, 0.3) is 0 Å². The topological polar surface area (TPSA) is 75.3 Å². The Labute approximate surface area is 149 Å². The third kappa shape index (κ3) is 4.67. The van der Waals surface area contributed by atoms with E-state index in [-0.39, 0.29) is 17.2 Å². The molecule has 0 spiro atoms. The number of carbonyl (C=O) groups excluding carboxylic acids is 1. The molecule has 2 aromatic rings. The van der Waals surface area contributed by atoms with E-state index in [9.17, 15) is 13.2 Å². The molecule has 0 bridgehead atoms. The molecule has 0 saturated heterocycles. The van der Waals surface area contributed by atoms with Gasteiger partial charge in [0.1, 0.15) is 6.04 Å². The molecule has 0 saturated carbocycles. The highest BCUT2D eigenvalue weighted by molar-refractivity contribution is 7.89. The van der Waals surface area contributed by atoms with E-state index >= 15 is 0 Å². The summed E-state index contributed by atoms with van der Waals surface area (Å²) in [4.78, 5) is 12.4. The first-order valence-electron chi connectivity index (χ1n) is 8.10. The van der Waals surface area contributed by atoms with Crippen molar-refractivity contribution in [2.75, 3.05) is 7.05 Å². The van der Waals surface area contributed by atoms with Crippen LogP contribution in [0.2, 0.25) is 0 Å². The van der Waals surface area contributed by atoms with Crippen LogP contribution in [-0.2, 0) is 21.2 Å². The van der Waals surface area contributed by atoms with Crippen LogP contribution in [0.1, 0.15) is 22.3 Å². The second kappa shape index (κ2) is 7.80. The molecule has 6 heteroatoms. The molecule has 0 fully saturated rings. The number of hydrogen-bond donors (Lipinski definition) is 2. The van der Waals surface area contributed by atoms with E-state index in [0.29, 0.717) is 11.1 Å². The maximum atomic E-state index is 12.9. The van der Waals surface area contributed by atoms with E-state index < -0.39 is 16.1 Å². The van der Waals surface area contributed by atoms with Crippen molar-refractivity contribution in [3.8, 4) is 0 Å². The van der Waals surface area contributed by atoms with Crippen molar-refractivity contribution in [3.63, 3.8) is 0 Å². The van der Waals surface area contributed by atoms with Crippen LogP contribution >= 0.6 is 0 Å². The fraction of sp³-hybridized carbons (Fsp3) is 0.316. The van der Waals surface area contributed by atoms with Gasteiger partial charge < -0.3 is 5.32 Å². The summed E-state index contributed by atoms with van der Waals surface area (Å²) in [5.41, 5.74) is 3.22. The van der Waals surface area contributed by atoms with Crippen molar-refractivity contribution in [2.45, 2.75) is 38.1 Å². The summed E-state index contributed by atoms with van der Waals surface area (Å²) in [5, 5.41) is 2.53. The molecule has 1 amide bonds. The highest BCUT2D eigenvalue weighted by atomic mass is 32.2. The van der Waals surface area contributed by atoms with E-state index in [1.807, 2.05) is 49.4 Å². The Morgan fingerprint density at radius 1 is 1.04 bits per heavy atom. The lowest BCUT2D eigenvalue weighted by atomic mass is 10.1. The zero-order valence-corrected chi connectivity index (χ0v) is 15.8. The van der Waals surface area contributed by atoms with Gasteiger partial charge in [-0.3, -0.25) is 4.79 Å². The van der Waals surface area contributed by atoms with Crippen molar-refractivity contribution in [1.29, 1.82) is 0 Å². The minimum Gasteiger partial charge on any atom is -0.358 e. The molecule has 0 heterocycles. The number of sulfonamides is 1. The predicted molar refractivity (Wildman–Crippen MR) is 99.0 cm³/mol. The third-order valence-electron chi connectivity index (χ3n) is 4.02.